The fourth-order valence-electron chi connectivity index (χ4n) is 5.76. The second kappa shape index (κ2) is 13.3. The number of aromatic nitrogens is 2. The summed E-state index contributed by atoms with van der Waals surface area (Å²) in [5, 5.41) is 6.36. The standard InChI is InChI=1S/C34H46N4OS/c1-25(2)14-20-37(21-15-26(3)4)34(39)28-16-22-38-30(23-28)29(12-10-19-36-17-8-5-9-18-36)33(35-38)32-24-27-11-6-7-13-31(27)40-32/h6-7,11,13,16,22-26H,5,8-10,12,14-15,17-21H2,1-4H3. The van der Waals surface area contributed by atoms with E-state index in [0.717, 1.165) is 62.1 Å². The highest BCUT2D eigenvalue weighted by Crippen LogP contribution is 2.36. The summed E-state index contributed by atoms with van der Waals surface area (Å²) in [6.07, 6.45) is 10.1. The van der Waals surface area contributed by atoms with Crippen molar-refractivity contribution in [2.24, 2.45) is 11.8 Å². The molecule has 3 aromatic heterocycles. The number of hydrogen-bond donors (Lipinski definition) is 0. The third-order valence-corrected chi connectivity index (χ3v) is 9.36. The first-order chi connectivity index (χ1) is 19.4. The van der Waals surface area contributed by atoms with Crippen LogP contribution in [-0.2, 0) is 6.42 Å². The molecular formula is C34H46N4OS. The van der Waals surface area contributed by atoms with Crippen LogP contribution in [0.2, 0.25) is 0 Å². The van der Waals surface area contributed by atoms with Gasteiger partial charge in [-0.3, -0.25) is 4.79 Å². The van der Waals surface area contributed by atoms with Crippen molar-refractivity contribution in [3.8, 4) is 10.6 Å². The van der Waals surface area contributed by atoms with E-state index in [0.29, 0.717) is 11.8 Å². The minimum atomic E-state index is 0.146. The highest BCUT2D eigenvalue weighted by atomic mass is 32.1. The molecule has 0 unspecified atom stereocenters. The Morgan fingerprint density at radius 1 is 0.975 bits per heavy atom. The second-order valence-electron chi connectivity index (χ2n) is 12.4. The van der Waals surface area contributed by atoms with Crippen molar-refractivity contribution in [2.75, 3.05) is 32.7 Å². The molecule has 5 rings (SSSR count). The minimum Gasteiger partial charge on any atom is -0.339 e. The number of fused-ring (bicyclic) bond motifs is 2. The molecule has 4 aromatic rings. The number of rotatable bonds is 12. The van der Waals surface area contributed by atoms with Crippen LogP contribution in [0.4, 0.5) is 0 Å². The Morgan fingerprint density at radius 2 is 1.70 bits per heavy atom. The lowest BCUT2D eigenvalue weighted by Gasteiger charge is -2.26. The van der Waals surface area contributed by atoms with Gasteiger partial charge in [0.2, 0.25) is 0 Å². The summed E-state index contributed by atoms with van der Waals surface area (Å²) in [4.78, 5) is 19.7. The molecule has 0 saturated carbocycles. The number of hydrogen-bond acceptors (Lipinski definition) is 4. The number of thiophene rings is 1. The van der Waals surface area contributed by atoms with Gasteiger partial charge in [0.1, 0.15) is 5.69 Å². The predicted octanol–water partition coefficient (Wildman–Crippen LogP) is 8.17. The van der Waals surface area contributed by atoms with Gasteiger partial charge in [-0.1, -0.05) is 52.3 Å². The Balaban J connectivity index is 1.47. The molecule has 0 bridgehead atoms. The summed E-state index contributed by atoms with van der Waals surface area (Å²) in [6.45, 7) is 14.1. The van der Waals surface area contributed by atoms with Crippen LogP contribution < -0.4 is 0 Å². The maximum atomic E-state index is 13.8. The van der Waals surface area contributed by atoms with Crippen LogP contribution in [0.15, 0.2) is 48.7 Å². The number of amides is 1. The lowest BCUT2D eigenvalue weighted by molar-refractivity contribution is 0.0741. The van der Waals surface area contributed by atoms with Gasteiger partial charge in [0.15, 0.2) is 0 Å². The van der Waals surface area contributed by atoms with Crippen LogP contribution in [0.5, 0.6) is 0 Å². The number of piperidine rings is 1. The van der Waals surface area contributed by atoms with Crippen molar-refractivity contribution < 1.29 is 4.79 Å². The number of pyridine rings is 1. The van der Waals surface area contributed by atoms with Gasteiger partial charge in [-0.15, -0.1) is 11.3 Å². The lowest BCUT2D eigenvalue weighted by Crippen LogP contribution is -2.34. The van der Waals surface area contributed by atoms with Crippen LogP contribution in [0, 0.1) is 11.8 Å². The van der Waals surface area contributed by atoms with Crippen LogP contribution >= 0.6 is 11.3 Å². The molecule has 0 radical (unpaired) electrons. The van der Waals surface area contributed by atoms with E-state index in [1.165, 1.54) is 52.9 Å². The SMILES string of the molecule is CC(C)CCN(CCC(C)C)C(=O)c1ccn2nc(-c3cc4ccccc4s3)c(CCCN3CCCCC3)c2c1. The molecule has 4 heterocycles. The average Bonchev–Trinajstić information content (AvgIpc) is 3.54. The minimum absolute atomic E-state index is 0.146. The number of benzene rings is 1. The molecule has 1 aliphatic heterocycles. The van der Waals surface area contributed by atoms with Gasteiger partial charge in [0, 0.05) is 35.1 Å². The highest BCUT2D eigenvalue weighted by molar-refractivity contribution is 7.22. The van der Waals surface area contributed by atoms with E-state index in [9.17, 15) is 4.79 Å². The number of aryl methyl sites for hydroxylation is 1. The molecule has 1 aromatic carbocycles. The highest BCUT2D eigenvalue weighted by Gasteiger charge is 2.21. The van der Waals surface area contributed by atoms with Gasteiger partial charge in [-0.2, -0.15) is 5.10 Å². The Labute approximate surface area is 244 Å². The van der Waals surface area contributed by atoms with Crippen molar-refractivity contribution in [3.05, 3.63) is 59.8 Å². The van der Waals surface area contributed by atoms with E-state index >= 15 is 0 Å². The largest absolute Gasteiger partial charge is 0.339 e. The molecular weight excluding hydrogens is 512 g/mol. The van der Waals surface area contributed by atoms with Crippen LogP contribution in [0.25, 0.3) is 26.2 Å². The van der Waals surface area contributed by atoms with Gasteiger partial charge in [-0.25, -0.2) is 4.52 Å². The normalized spacial score (nSPS) is 14.7. The van der Waals surface area contributed by atoms with Crippen LogP contribution in [0.1, 0.15) is 82.1 Å². The number of carbonyl (C=O) groups excluding carboxylic acids is 1. The molecule has 5 nitrogen and oxygen atoms in total. The first-order valence-corrected chi connectivity index (χ1v) is 16.2. The summed E-state index contributed by atoms with van der Waals surface area (Å²) >= 11 is 1.81. The number of nitrogens with zero attached hydrogens (tertiary/aromatic N) is 4. The Bertz CT molecular complexity index is 1370. The van der Waals surface area contributed by atoms with Crippen LogP contribution in [0.3, 0.4) is 0 Å². The molecule has 0 atom stereocenters. The van der Waals surface area contributed by atoms with Gasteiger partial charge in [0.05, 0.1) is 10.4 Å². The van der Waals surface area contributed by atoms with Crippen molar-refractivity contribution in [3.63, 3.8) is 0 Å². The Kier molecular flexibility index (Phi) is 9.59. The summed E-state index contributed by atoms with van der Waals surface area (Å²) < 4.78 is 3.29. The van der Waals surface area contributed by atoms with Crippen LogP contribution in [-0.4, -0.2) is 58.0 Å². The van der Waals surface area contributed by atoms with E-state index in [1.54, 1.807) is 0 Å². The summed E-state index contributed by atoms with van der Waals surface area (Å²) in [7, 11) is 0. The molecule has 0 spiro atoms. The number of likely N-dealkylation sites (tertiary alicyclic amines) is 1. The zero-order valence-corrected chi connectivity index (χ0v) is 25.7. The zero-order valence-electron chi connectivity index (χ0n) is 24.9. The topological polar surface area (TPSA) is 40.9 Å². The fourth-order valence-corrected chi connectivity index (χ4v) is 6.83. The quantitative estimate of drug-likeness (QED) is 0.176. The summed E-state index contributed by atoms with van der Waals surface area (Å²) in [5.74, 6) is 1.29. The van der Waals surface area contributed by atoms with Gasteiger partial charge >= 0.3 is 0 Å². The van der Waals surface area contributed by atoms with Gasteiger partial charge in [0.25, 0.3) is 5.91 Å². The fraction of sp³-hybridized carbons (Fsp3) is 0.529. The summed E-state index contributed by atoms with van der Waals surface area (Å²) in [5.41, 5.74) is 4.19. The van der Waals surface area contributed by atoms with E-state index in [2.05, 4.69) is 73.9 Å². The maximum Gasteiger partial charge on any atom is 0.253 e. The van der Waals surface area contributed by atoms with Crippen molar-refractivity contribution in [1.82, 2.24) is 19.4 Å². The average molecular weight is 559 g/mol. The van der Waals surface area contributed by atoms with E-state index in [4.69, 9.17) is 5.10 Å². The smallest absolute Gasteiger partial charge is 0.253 e. The monoisotopic (exact) mass is 558 g/mol. The first-order valence-electron chi connectivity index (χ1n) is 15.4. The van der Waals surface area contributed by atoms with Crippen molar-refractivity contribution >= 4 is 32.8 Å². The molecule has 1 aliphatic rings. The first kappa shape index (κ1) is 28.8. The molecule has 1 saturated heterocycles. The molecule has 6 heteroatoms. The van der Waals surface area contributed by atoms with E-state index in [1.807, 2.05) is 28.1 Å². The molecule has 1 amide bonds. The molecule has 0 aliphatic carbocycles. The van der Waals surface area contributed by atoms with E-state index in [-0.39, 0.29) is 5.91 Å². The third kappa shape index (κ3) is 6.95. The zero-order chi connectivity index (χ0) is 28.1. The lowest BCUT2D eigenvalue weighted by atomic mass is 10.0. The Morgan fingerprint density at radius 3 is 2.40 bits per heavy atom. The Hall–Kier alpha value is -2.70. The summed E-state index contributed by atoms with van der Waals surface area (Å²) in [6, 6.07) is 14.9. The van der Waals surface area contributed by atoms with E-state index < -0.39 is 0 Å². The van der Waals surface area contributed by atoms with Crippen molar-refractivity contribution in [1.29, 1.82) is 0 Å². The van der Waals surface area contributed by atoms with Gasteiger partial charge < -0.3 is 9.80 Å². The molecule has 40 heavy (non-hydrogen) atoms. The molecule has 1 fully saturated rings. The third-order valence-electron chi connectivity index (χ3n) is 8.23. The molecule has 214 valence electrons. The van der Waals surface area contributed by atoms with Gasteiger partial charge in [-0.05, 0) is 99.6 Å². The molecule has 0 N–H and O–H groups in total. The predicted molar refractivity (Wildman–Crippen MR) is 169 cm³/mol. The second-order valence-corrected chi connectivity index (χ2v) is 13.5. The number of carbonyl (C=O) groups is 1. The van der Waals surface area contributed by atoms with Crippen molar-refractivity contribution in [2.45, 2.75) is 72.6 Å². The maximum absolute atomic E-state index is 13.8.